The van der Waals surface area contributed by atoms with Crippen molar-refractivity contribution in [3.8, 4) is 6.07 Å². The largest absolute Gasteiger partial charge is 0.376 e. The minimum absolute atomic E-state index is 0.435. The molecule has 0 radical (unpaired) electrons. The average molecular weight is 244 g/mol. The Morgan fingerprint density at radius 3 is 3.12 bits per heavy atom. The highest BCUT2D eigenvalue weighted by Gasteiger charge is 1.98. The molecule has 0 bridgehead atoms. The lowest BCUT2D eigenvalue weighted by Crippen LogP contribution is -1.98. The van der Waals surface area contributed by atoms with Gasteiger partial charge in [0.25, 0.3) is 0 Å². The summed E-state index contributed by atoms with van der Waals surface area (Å²) in [5, 5.41) is 10.8. The van der Waals surface area contributed by atoms with E-state index in [9.17, 15) is 0 Å². The van der Waals surface area contributed by atoms with Crippen molar-refractivity contribution in [2.75, 3.05) is 6.61 Å². The molecule has 0 atom stereocenters. The third-order valence-corrected chi connectivity index (χ3v) is 3.22. The van der Waals surface area contributed by atoms with Crippen molar-refractivity contribution in [2.24, 2.45) is 0 Å². The molecule has 2 rings (SSSR count). The van der Waals surface area contributed by atoms with Gasteiger partial charge in [0.05, 0.1) is 13.2 Å². The van der Waals surface area contributed by atoms with Gasteiger partial charge in [-0.1, -0.05) is 6.07 Å². The van der Waals surface area contributed by atoms with Crippen LogP contribution in [0.25, 0.3) is 0 Å². The maximum Gasteiger partial charge on any atom is 0.140 e. The van der Waals surface area contributed by atoms with Crippen molar-refractivity contribution in [1.82, 2.24) is 4.98 Å². The fraction of sp³-hybridized carbons (Fsp3) is 0.231. The van der Waals surface area contributed by atoms with Gasteiger partial charge in [0.2, 0.25) is 0 Å². The van der Waals surface area contributed by atoms with Crippen molar-refractivity contribution >= 4 is 11.3 Å². The van der Waals surface area contributed by atoms with Gasteiger partial charge in [-0.15, -0.1) is 11.3 Å². The van der Waals surface area contributed by atoms with Crippen molar-refractivity contribution in [3.63, 3.8) is 0 Å². The molecular formula is C13H12N2OS. The van der Waals surface area contributed by atoms with Crippen LogP contribution >= 0.6 is 11.3 Å². The molecule has 0 aliphatic rings. The molecule has 2 aromatic heterocycles. The van der Waals surface area contributed by atoms with E-state index >= 15 is 0 Å². The van der Waals surface area contributed by atoms with Gasteiger partial charge < -0.3 is 4.74 Å². The van der Waals surface area contributed by atoms with Crippen molar-refractivity contribution in [2.45, 2.75) is 13.0 Å². The number of aromatic nitrogens is 1. The van der Waals surface area contributed by atoms with Gasteiger partial charge in [0.15, 0.2) is 0 Å². The summed E-state index contributed by atoms with van der Waals surface area (Å²) >= 11 is 1.74. The molecule has 0 aliphatic heterocycles. The predicted octanol–water partition coefficient (Wildman–Crippen LogP) is 2.77. The molecule has 0 unspecified atom stereocenters. The first-order valence-corrected chi connectivity index (χ1v) is 6.21. The number of rotatable bonds is 5. The molecule has 0 fully saturated rings. The highest BCUT2D eigenvalue weighted by atomic mass is 32.1. The van der Waals surface area contributed by atoms with Crippen molar-refractivity contribution in [1.29, 1.82) is 5.26 Å². The first-order valence-electron chi connectivity index (χ1n) is 5.33. The summed E-state index contributed by atoms with van der Waals surface area (Å²) in [5.74, 6) is 0. The zero-order valence-corrected chi connectivity index (χ0v) is 10.1. The van der Waals surface area contributed by atoms with Crippen LogP contribution in [0.3, 0.4) is 0 Å². The second kappa shape index (κ2) is 6.14. The van der Waals surface area contributed by atoms with E-state index in [-0.39, 0.29) is 0 Å². The van der Waals surface area contributed by atoms with E-state index in [2.05, 4.69) is 16.4 Å². The van der Waals surface area contributed by atoms with Gasteiger partial charge in [-0.2, -0.15) is 5.26 Å². The standard InChI is InChI=1S/C13H12N2OS/c14-9-12-8-11(3-5-15-12)10-16-6-4-13-2-1-7-17-13/h1-3,5,7-8H,4,6,10H2. The normalized spacial score (nSPS) is 10.1. The van der Waals surface area contributed by atoms with Gasteiger partial charge in [-0.05, 0) is 29.1 Å². The molecule has 0 N–H and O–H groups in total. The lowest BCUT2D eigenvalue weighted by Gasteiger charge is -2.03. The minimum Gasteiger partial charge on any atom is -0.376 e. The smallest absolute Gasteiger partial charge is 0.140 e. The number of thiophene rings is 1. The van der Waals surface area contributed by atoms with E-state index in [1.54, 1.807) is 23.6 Å². The van der Waals surface area contributed by atoms with Crippen LogP contribution in [0.5, 0.6) is 0 Å². The molecule has 0 spiro atoms. The Labute approximate surface area is 104 Å². The van der Waals surface area contributed by atoms with Gasteiger partial charge in [-0.3, -0.25) is 0 Å². The topological polar surface area (TPSA) is 45.9 Å². The molecule has 2 heterocycles. The van der Waals surface area contributed by atoms with Crippen LogP contribution < -0.4 is 0 Å². The maximum absolute atomic E-state index is 8.71. The summed E-state index contributed by atoms with van der Waals surface area (Å²) in [5.41, 5.74) is 1.42. The second-order valence-electron chi connectivity index (χ2n) is 3.54. The van der Waals surface area contributed by atoms with Crippen molar-refractivity contribution < 1.29 is 4.74 Å². The van der Waals surface area contributed by atoms with E-state index in [0.717, 1.165) is 12.0 Å². The van der Waals surface area contributed by atoms with Crippen LogP contribution in [0.2, 0.25) is 0 Å². The summed E-state index contributed by atoms with van der Waals surface area (Å²) < 4.78 is 5.56. The van der Waals surface area contributed by atoms with E-state index in [1.807, 2.05) is 18.2 Å². The summed E-state index contributed by atoms with van der Waals surface area (Å²) in [6, 6.07) is 9.79. The molecule has 2 aromatic rings. The molecular weight excluding hydrogens is 232 g/mol. The number of nitrogens with zero attached hydrogens (tertiary/aromatic N) is 2. The van der Waals surface area contributed by atoms with Gasteiger partial charge in [0, 0.05) is 17.5 Å². The highest BCUT2D eigenvalue weighted by molar-refractivity contribution is 7.09. The van der Waals surface area contributed by atoms with Gasteiger partial charge >= 0.3 is 0 Å². The Kier molecular flexibility index (Phi) is 4.25. The Bertz CT molecular complexity index is 502. The Morgan fingerprint density at radius 2 is 2.35 bits per heavy atom. The number of nitriles is 1. The summed E-state index contributed by atoms with van der Waals surface area (Å²) in [6.07, 6.45) is 2.57. The number of hydrogen-bond donors (Lipinski definition) is 0. The molecule has 4 heteroatoms. The molecule has 0 saturated carbocycles. The summed E-state index contributed by atoms with van der Waals surface area (Å²) in [6.45, 7) is 1.23. The maximum atomic E-state index is 8.71. The Balaban J connectivity index is 1.76. The van der Waals surface area contributed by atoms with Crippen molar-refractivity contribution in [3.05, 3.63) is 52.0 Å². The van der Waals surface area contributed by atoms with Gasteiger partial charge in [0.1, 0.15) is 11.8 Å². The van der Waals surface area contributed by atoms with Crippen LogP contribution in [0, 0.1) is 11.3 Å². The third kappa shape index (κ3) is 3.66. The van der Waals surface area contributed by atoms with E-state index in [1.165, 1.54) is 4.88 Å². The fourth-order valence-corrected chi connectivity index (χ4v) is 2.13. The number of pyridine rings is 1. The molecule has 0 aromatic carbocycles. The quantitative estimate of drug-likeness (QED) is 0.760. The third-order valence-electron chi connectivity index (χ3n) is 2.28. The molecule has 0 saturated heterocycles. The summed E-state index contributed by atoms with van der Waals surface area (Å²) in [7, 11) is 0. The molecule has 86 valence electrons. The van der Waals surface area contributed by atoms with E-state index in [4.69, 9.17) is 10.00 Å². The molecule has 0 aliphatic carbocycles. The van der Waals surface area contributed by atoms with Crippen LogP contribution in [-0.2, 0) is 17.8 Å². The Hall–Kier alpha value is -1.70. The van der Waals surface area contributed by atoms with E-state index in [0.29, 0.717) is 18.9 Å². The fourth-order valence-electron chi connectivity index (χ4n) is 1.44. The zero-order chi connectivity index (χ0) is 11.9. The second-order valence-corrected chi connectivity index (χ2v) is 4.58. The van der Waals surface area contributed by atoms with E-state index < -0.39 is 0 Å². The lowest BCUT2D eigenvalue weighted by molar-refractivity contribution is 0.124. The first-order chi connectivity index (χ1) is 8.38. The molecule has 3 nitrogen and oxygen atoms in total. The lowest BCUT2D eigenvalue weighted by atomic mass is 10.2. The monoisotopic (exact) mass is 244 g/mol. The van der Waals surface area contributed by atoms with Crippen LogP contribution in [0.15, 0.2) is 35.8 Å². The van der Waals surface area contributed by atoms with Crippen LogP contribution in [-0.4, -0.2) is 11.6 Å². The minimum atomic E-state index is 0.435. The Morgan fingerprint density at radius 1 is 1.41 bits per heavy atom. The number of hydrogen-bond acceptors (Lipinski definition) is 4. The van der Waals surface area contributed by atoms with Crippen LogP contribution in [0.1, 0.15) is 16.1 Å². The summed E-state index contributed by atoms with van der Waals surface area (Å²) in [4.78, 5) is 5.24. The van der Waals surface area contributed by atoms with Gasteiger partial charge in [-0.25, -0.2) is 4.98 Å². The average Bonchev–Trinajstić information content (AvgIpc) is 2.88. The van der Waals surface area contributed by atoms with Crippen LogP contribution in [0.4, 0.5) is 0 Å². The predicted molar refractivity (Wildman–Crippen MR) is 66.6 cm³/mol. The molecule has 0 amide bonds. The molecule has 17 heavy (non-hydrogen) atoms. The highest BCUT2D eigenvalue weighted by Crippen LogP contribution is 2.09. The zero-order valence-electron chi connectivity index (χ0n) is 9.30. The number of ether oxygens (including phenoxy) is 1. The SMILES string of the molecule is N#Cc1cc(COCCc2cccs2)ccn1. The first kappa shape index (κ1) is 11.8.